The van der Waals surface area contributed by atoms with E-state index in [0.717, 1.165) is 5.56 Å². The fourth-order valence-corrected chi connectivity index (χ4v) is 5.88. The number of pyridine rings is 1. The lowest BCUT2D eigenvalue weighted by atomic mass is 9.93. The van der Waals surface area contributed by atoms with Crippen molar-refractivity contribution in [3.05, 3.63) is 82.6 Å². The lowest BCUT2D eigenvalue weighted by Gasteiger charge is -2.37. The van der Waals surface area contributed by atoms with Crippen LogP contribution in [0.2, 0.25) is 0 Å². The Morgan fingerprint density at radius 3 is 2.57 bits per heavy atom. The molecule has 5 rings (SSSR count). The van der Waals surface area contributed by atoms with E-state index in [-0.39, 0.29) is 40.0 Å². The Hall–Kier alpha value is -3.00. The van der Waals surface area contributed by atoms with Gasteiger partial charge in [-0.3, -0.25) is 9.29 Å². The largest absolute Gasteiger partial charge is 0.373 e. The van der Waals surface area contributed by atoms with E-state index in [1.807, 2.05) is 6.92 Å². The molecule has 0 spiro atoms. The molecule has 1 aromatic carbocycles. The van der Waals surface area contributed by atoms with Gasteiger partial charge in [-0.05, 0) is 37.6 Å². The zero-order valence-electron chi connectivity index (χ0n) is 16.4. The second-order valence-electron chi connectivity index (χ2n) is 7.69. The third-order valence-corrected chi connectivity index (χ3v) is 7.68. The van der Waals surface area contributed by atoms with Gasteiger partial charge in [-0.25, -0.2) is 17.2 Å². The number of nitrogens with zero attached hydrogens (tertiary/aromatic N) is 3. The normalized spacial score (nSPS) is 20.8. The summed E-state index contributed by atoms with van der Waals surface area (Å²) >= 11 is 0. The molecule has 154 valence electrons. The summed E-state index contributed by atoms with van der Waals surface area (Å²) in [6, 6.07) is 9.25. The lowest BCUT2D eigenvalue weighted by molar-refractivity contribution is 0.338. The van der Waals surface area contributed by atoms with Crippen molar-refractivity contribution in [1.82, 2.24) is 14.2 Å². The molecule has 0 amide bonds. The molecule has 1 aliphatic carbocycles. The number of sulfonamides is 1. The topological polar surface area (TPSA) is 53.5 Å². The zero-order chi connectivity index (χ0) is 21.2. The SMILES string of the molecule is Cc1ccc(S(=O)(=O)N2CCC3C4=C2c2ncccc2C(F)=C(F)C4=CN3C)cc1. The second kappa shape index (κ2) is 6.50. The number of hydrogen-bond acceptors (Lipinski definition) is 4. The average molecular weight is 427 g/mol. The Balaban J connectivity index is 1.80. The number of rotatable bonds is 2. The number of hydrogen-bond donors (Lipinski definition) is 0. The summed E-state index contributed by atoms with van der Waals surface area (Å²) < 4.78 is 58.6. The highest BCUT2D eigenvalue weighted by Crippen LogP contribution is 2.49. The maximum Gasteiger partial charge on any atom is 0.264 e. The van der Waals surface area contributed by atoms with Crippen LogP contribution in [-0.2, 0) is 10.0 Å². The van der Waals surface area contributed by atoms with Crippen LogP contribution in [0, 0.1) is 6.92 Å². The number of allylic oxidation sites excluding steroid dienone is 1. The van der Waals surface area contributed by atoms with Crippen molar-refractivity contribution in [3.8, 4) is 0 Å². The van der Waals surface area contributed by atoms with Crippen molar-refractivity contribution >= 4 is 21.5 Å². The molecule has 0 saturated carbocycles. The molecule has 1 unspecified atom stereocenters. The first-order valence-electron chi connectivity index (χ1n) is 9.60. The van der Waals surface area contributed by atoms with Gasteiger partial charge in [0, 0.05) is 42.7 Å². The van der Waals surface area contributed by atoms with Crippen LogP contribution in [0.25, 0.3) is 11.5 Å². The Labute approximate surface area is 173 Å². The van der Waals surface area contributed by atoms with E-state index in [4.69, 9.17) is 0 Å². The molecule has 1 aromatic heterocycles. The fraction of sp³-hybridized carbons (Fsp3) is 0.227. The van der Waals surface area contributed by atoms with Gasteiger partial charge in [0.05, 0.1) is 22.3 Å². The lowest BCUT2D eigenvalue weighted by Crippen LogP contribution is -2.41. The van der Waals surface area contributed by atoms with E-state index in [2.05, 4.69) is 4.98 Å². The highest BCUT2D eigenvalue weighted by Gasteiger charge is 2.45. The van der Waals surface area contributed by atoms with Crippen molar-refractivity contribution in [1.29, 1.82) is 0 Å². The summed E-state index contributed by atoms with van der Waals surface area (Å²) in [5.74, 6) is -2.02. The molecule has 0 N–H and O–H groups in total. The van der Waals surface area contributed by atoms with E-state index in [0.29, 0.717) is 12.0 Å². The minimum absolute atomic E-state index is 0.0415. The summed E-state index contributed by atoms with van der Waals surface area (Å²) in [6.45, 7) is 2.06. The van der Waals surface area contributed by atoms with Crippen molar-refractivity contribution in [3.63, 3.8) is 0 Å². The minimum Gasteiger partial charge on any atom is -0.373 e. The number of halogens is 2. The number of fused-ring (bicyclic) bond motifs is 2. The van der Waals surface area contributed by atoms with Crippen LogP contribution in [0.5, 0.6) is 0 Å². The van der Waals surface area contributed by atoms with E-state index < -0.39 is 21.7 Å². The number of benzene rings is 1. The fourth-order valence-electron chi connectivity index (χ4n) is 4.37. The standard InChI is InChI=1S/C22H19F2N3O2S/c1-13-5-7-14(8-6-13)30(28,29)27-11-9-17-18-16(12-26(17)2)20(24)19(23)15-4-3-10-25-21(15)22(18)27/h3-8,10,12,17H,9,11H2,1-2H3. The van der Waals surface area contributed by atoms with Crippen molar-refractivity contribution < 1.29 is 17.2 Å². The first kappa shape index (κ1) is 19.0. The highest BCUT2D eigenvalue weighted by atomic mass is 32.2. The van der Waals surface area contributed by atoms with Crippen molar-refractivity contribution in [2.24, 2.45) is 0 Å². The van der Waals surface area contributed by atoms with Gasteiger partial charge >= 0.3 is 0 Å². The molecule has 8 heteroatoms. The van der Waals surface area contributed by atoms with Crippen LogP contribution in [0.3, 0.4) is 0 Å². The van der Waals surface area contributed by atoms with E-state index in [1.165, 1.54) is 22.6 Å². The molecular formula is C22H19F2N3O2S. The van der Waals surface area contributed by atoms with Crippen LogP contribution >= 0.6 is 0 Å². The van der Waals surface area contributed by atoms with Gasteiger partial charge in [-0.1, -0.05) is 17.7 Å². The summed E-state index contributed by atoms with van der Waals surface area (Å²) in [7, 11) is -2.17. The zero-order valence-corrected chi connectivity index (χ0v) is 17.2. The Kier molecular flexibility index (Phi) is 4.12. The Morgan fingerprint density at radius 2 is 1.83 bits per heavy atom. The van der Waals surface area contributed by atoms with Crippen molar-refractivity contribution in [2.45, 2.75) is 24.3 Å². The summed E-state index contributed by atoms with van der Waals surface area (Å²) in [5.41, 5.74) is 1.83. The van der Waals surface area contributed by atoms with E-state index in [9.17, 15) is 8.42 Å². The Bertz CT molecular complexity index is 1260. The molecule has 2 aromatic rings. The molecule has 0 saturated heterocycles. The van der Waals surface area contributed by atoms with Gasteiger partial charge in [-0.15, -0.1) is 0 Å². The molecule has 30 heavy (non-hydrogen) atoms. The van der Waals surface area contributed by atoms with Gasteiger partial charge in [-0.2, -0.15) is 0 Å². The highest BCUT2D eigenvalue weighted by molar-refractivity contribution is 7.89. The second-order valence-corrected chi connectivity index (χ2v) is 9.56. The number of aryl methyl sites for hydroxylation is 1. The smallest absolute Gasteiger partial charge is 0.264 e. The first-order chi connectivity index (χ1) is 14.3. The van der Waals surface area contributed by atoms with Crippen LogP contribution in [0.4, 0.5) is 8.78 Å². The monoisotopic (exact) mass is 427 g/mol. The Morgan fingerprint density at radius 1 is 1.10 bits per heavy atom. The van der Waals surface area contributed by atoms with Crippen molar-refractivity contribution in [2.75, 3.05) is 13.6 Å². The minimum atomic E-state index is -3.95. The summed E-state index contributed by atoms with van der Waals surface area (Å²) in [6.07, 6.45) is 3.46. The van der Waals surface area contributed by atoms with Gasteiger partial charge in [0.2, 0.25) is 0 Å². The van der Waals surface area contributed by atoms with Gasteiger partial charge < -0.3 is 4.90 Å². The molecule has 0 bridgehead atoms. The molecule has 1 atom stereocenters. The van der Waals surface area contributed by atoms with E-state index >= 15 is 8.78 Å². The molecule has 2 aliphatic heterocycles. The maximum absolute atomic E-state index is 15.1. The molecular weight excluding hydrogens is 408 g/mol. The summed E-state index contributed by atoms with van der Waals surface area (Å²) in [4.78, 5) is 6.23. The average Bonchev–Trinajstić information content (AvgIpc) is 3.05. The molecule has 3 heterocycles. The van der Waals surface area contributed by atoms with Crippen LogP contribution in [0.1, 0.15) is 23.2 Å². The van der Waals surface area contributed by atoms with Gasteiger partial charge in [0.25, 0.3) is 10.0 Å². The molecule has 0 fully saturated rings. The third kappa shape index (κ3) is 2.56. The summed E-state index contributed by atoms with van der Waals surface area (Å²) in [5, 5.41) is 0. The van der Waals surface area contributed by atoms with E-state index in [1.54, 1.807) is 42.4 Å². The first-order valence-corrected chi connectivity index (χ1v) is 11.0. The van der Waals surface area contributed by atoms with Crippen LogP contribution < -0.4 is 0 Å². The maximum atomic E-state index is 15.1. The van der Waals surface area contributed by atoms with Gasteiger partial charge in [0.15, 0.2) is 11.7 Å². The predicted octanol–water partition coefficient (Wildman–Crippen LogP) is 4.01. The number of aromatic nitrogens is 1. The molecule has 5 nitrogen and oxygen atoms in total. The van der Waals surface area contributed by atoms with Crippen LogP contribution in [0.15, 0.2) is 70.7 Å². The molecule has 3 aliphatic rings. The predicted molar refractivity (Wildman–Crippen MR) is 110 cm³/mol. The third-order valence-electron chi connectivity index (χ3n) is 5.86. The molecule has 0 radical (unpaired) electrons. The number of likely N-dealkylation sites (N-methyl/N-ethyl adjacent to an activating group) is 1. The quantitative estimate of drug-likeness (QED) is 0.727. The van der Waals surface area contributed by atoms with Gasteiger partial charge in [0.1, 0.15) is 0 Å². The van der Waals surface area contributed by atoms with Crippen LogP contribution in [-0.4, -0.2) is 42.2 Å².